The Hall–Kier alpha value is -3.39. The van der Waals surface area contributed by atoms with E-state index in [2.05, 4.69) is 0 Å². The van der Waals surface area contributed by atoms with Crippen LogP contribution in [0.5, 0.6) is 17.2 Å². The molecule has 0 aromatic heterocycles. The number of methoxy groups -OCH3 is 1. The van der Waals surface area contributed by atoms with E-state index in [-0.39, 0.29) is 40.0 Å². The first-order valence-electron chi connectivity index (χ1n) is 8.42. The molecule has 1 aliphatic carbocycles. The number of phenolic OH excluding ortho intramolecular Hbond substituents is 2. The van der Waals surface area contributed by atoms with Gasteiger partial charge < -0.3 is 25.8 Å². The molecule has 0 radical (unpaired) electrons. The molecule has 0 heterocycles. The molecule has 1 amide bonds. The minimum atomic E-state index is -1.62. The van der Waals surface area contributed by atoms with Crippen molar-refractivity contribution >= 4 is 17.5 Å². The predicted octanol–water partition coefficient (Wildman–Crippen LogP) is 1.05. The van der Waals surface area contributed by atoms with E-state index in [1.54, 1.807) is 0 Å². The normalized spacial score (nSPS) is 14.8. The molecule has 8 nitrogen and oxygen atoms in total. The van der Waals surface area contributed by atoms with Gasteiger partial charge in [0.1, 0.15) is 17.2 Å². The van der Waals surface area contributed by atoms with E-state index in [9.17, 15) is 29.7 Å². The van der Waals surface area contributed by atoms with Crippen molar-refractivity contribution in [3.8, 4) is 17.2 Å². The third-order valence-electron chi connectivity index (χ3n) is 4.66. The molecule has 3 rings (SSSR count). The van der Waals surface area contributed by atoms with Crippen molar-refractivity contribution < 1.29 is 34.4 Å². The standard InChI is InChI=1S/C20H19NO7/c1-20(27,8-13(21)23)7-9-6-11(22)15-16(17(9)24)18(25)10-4-3-5-12(28-2)14(10)19(15)26/h3-6,22,24,27H,7-8H2,1-2H3,(H2,21,23). The minimum absolute atomic E-state index is 0.00525. The Balaban J connectivity index is 2.18. The number of fused-ring (bicyclic) bond motifs is 2. The summed E-state index contributed by atoms with van der Waals surface area (Å²) in [7, 11) is 1.35. The van der Waals surface area contributed by atoms with Crippen molar-refractivity contribution in [2.45, 2.75) is 25.4 Å². The molecule has 0 bridgehead atoms. The third-order valence-corrected chi connectivity index (χ3v) is 4.66. The molecule has 146 valence electrons. The molecule has 28 heavy (non-hydrogen) atoms. The minimum Gasteiger partial charge on any atom is -0.507 e. The van der Waals surface area contributed by atoms with E-state index >= 15 is 0 Å². The third kappa shape index (κ3) is 3.07. The lowest BCUT2D eigenvalue weighted by Gasteiger charge is -2.25. The largest absolute Gasteiger partial charge is 0.507 e. The molecule has 2 aromatic carbocycles. The van der Waals surface area contributed by atoms with Gasteiger partial charge in [0.25, 0.3) is 0 Å². The fourth-order valence-corrected chi connectivity index (χ4v) is 3.53. The fraction of sp³-hybridized carbons (Fsp3) is 0.250. The van der Waals surface area contributed by atoms with Crippen molar-refractivity contribution in [3.63, 3.8) is 0 Å². The summed E-state index contributed by atoms with van der Waals surface area (Å²) in [4.78, 5) is 37.0. The number of rotatable bonds is 5. The van der Waals surface area contributed by atoms with Crippen LogP contribution < -0.4 is 10.5 Å². The van der Waals surface area contributed by atoms with Crippen molar-refractivity contribution in [2.75, 3.05) is 7.11 Å². The van der Waals surface area contributed by atoms with Gasteiger partial charge in [-0.05, 0) is 19.1 Å². The predicted molar refractivity (Wildman–Crippen MR) is 97.8 cm³/mol. The van der Waals surface area contributed by atoms with E-state index in [0.29, 0.717) is 0 Å². The maximum absolute atomic E-state index is 13.0. The van der Waals surface area contributed by atoms with Crippen LogP contribution in [0.3, 0.4) is 0 Å². The number of primary amides is 1. The van der Waals surface area contributed by atoms with Gasteiger partial charge in [-0.15, -0.1) is 0 Å². The highest BCUT2D eigenvalue weighted by atomic mass is 16.5. The van der Waals surface area contributed by atoms with Gasteiger partial charge in [-0.1, -0.05) is 12.1 Å². The number of amides is 1. The molecule has 2 aromatic rings. The van der Waals surface area contributed by atoms with E-state index in [4.69, 9.17) is 10.5 Å². The van der Waals surface area contributed by atoms with Gasteiger partial charge in [0, 0.05) is 17.5 Å². The molecule has 1 atom stereocenters. The van der Waals surface area contributed by atoms with Gasteiger partial charge >= 0.3 is 0 Å². The van der Waals surface area contributed by atoms with Gasteiger partial charge in [-0.3, -0.25) is 14.4 Å². The van der Waals surface area contributed by atoms with Crippen LogP contribution in [-0.2, 0) is 11.2 Å². The van der Waals surface area contributed by atoms with Crippen molar-refractivity contribution in [1.29, 1.82) is 0 Å². The van der Waals surface area contributed by atoms with Crippen molar-refractivity contribution in [2.24, 2.45) is 5.73 Å². The van der Waals surface area contributed by atoms with Crippen LogP contribution in [0.2, 0.25) is 0 Å². The summed E-state index contributed by atoms with van der Waals surface area (Å²) >= 11 is 0. The summed E-state index contributed by atoms with van der Waals surface area (Å²) in [6.07, 6.45) is -0.660. The quantitative estimate of drug-likeness (QED) is 0.480. The molecule has 0 aliphatic heterocycles. The van der Waals surface area contributed by atoms with Gasteiger partial charge in [0.05, 0.1) is 35.8 Å². The summed E-state index contributed by atoms with van der Waals surface area (Å²) in [6, 6.07) is 5.57. The number of hydrogen-bond donors (Lipinski definition) is 4. The summed E-state index contributed by atoms with van der Waals surface area (Å²) < 4.78 is 5.15. The van der Waals surface area contributed by atoms with Gasteiger partial charge in [-0.2, -0.15) is 0 Å². The number of nitrogens with two attached hydrogens (primary N) is 1. The second-order valence-electron chi connectivity index (χ2n) is 7.01. The first-order valence-corrected chi connectivity index (χ1v) is 8.42. The molecule has 1 unspecified atom stereocenters. The number of ketones is 2. The van der Waals surface area contributed by atoms with Crippen LogP contribution >= 0.6 is 0 Å². The Morgan fingerprint density at radius 1 is 1.14 bits per heavy atom. The summed E-state index contributed by atoms with van der Waals surface area (Å²) in [6.45, 7) is 1.33. The van der Waals surface area contributed by atoms with Crippen LogP contribution in [0.4, 0.5) is 0 Å². The highest BCUT2D eigenvalue weighted by molar-refractivity contribution is 6.31. The number of aromatic hydroxyl groups is 2. The topological polar surface area (TPSA) is 147 Å². The van der Waals surface area contributed by atoms with Crippen LogP contribution in [0.1, 0.15) is 50.8 Å². The number of benzene rings is 2. The first-order chi connectivity index (χ1) is 13.1. The zero-order chi connectivity index (χ0) is 20.8. The van der Waals surface area contributed by atoms with Crippen LogP contribution in [0.25, 0.3) is 0 Å². The lowest BCUT2D eigenvalue weighted by atomic mass is 9.80. The van der Waals surface area contributed by atoms with E-state index in [1.807, 2.05) is 0 Å². The molecule has 0 spiro atoms. The highest BCUT2D eigenvalue weighted by Crippen LogP contribution is 2.43. The molecule has 0 fully saturated rings. The molecule has 0 saturated heterocycles. The van der Waals surface area contributed by atoms with Crippen LogP contribution in [0, 0.1) is 0 Å². The fourth-order valence-electron chi connectivity index (χ4n) is 3.53. The summed E-state index contributed by atoms with van der Waals surface area (Å²) in [5, 5.41) is 31.4. The Morgan fingerprint density at radius 2 is 1.82 bits per heavy atom. The molecular weight excluding hydrogens is 366 g/mol. The monoisotopic (exact) mass is 385 g/mol. The zero-order valence-electron chi connectivity index (χ0n) is 15.3. The molecule has 5 N–H and O–H groups in total. The van der Waals surface area contributed by atoms with Gasteiger partial charge in [0.2, 0.25) is 11.7 Å². The molecule has 1 aliphatic rings. The Bertz CT molecular complexity index is 1020. The molecule has 8 heteroatoms. The zero-order valence-corrected chi connectivity index (χ0v) is 15.3. The van der Waals surface area contributed by atoms with E-state index in [0.717, 1.165) is 6.07 Å². The Kier molecular flexibility index (Phi) is 4.60. The van der Waals surface area contributed by atoms with Crippen molar-refractivity contribution in [1.82, 2.24) is 0 Å². The first kappa shape index (κ1) is 19.4. The number of carbonyl (C=O) groups is 3. The number of ether oxygens (including phenoxy) is 1. The Labute approximate surface area is 160 Å². The second-order valence-corrected chi connectivity index (χ2v) is 7.01. The number of aliphatic hydroxyl groups is 1. The SMILES string of the molecule is COc1cccc2c1C(=O)c1c(O)cc(CC(C)(O)CC(N)=O)c(O)c1C2=O. The lowest BCUT2D eigenvalue weighted by Crippen LogP contribution is -2.33. The lowest BCUT2D eigenvalue weighted by molar-refractivity contribution is -0.122. The molecular formula is C20H19NO7. The van der Waals surface area contributed by atoms with E-state index < -0.39 is 41.0 Å². The maximum atomic E-state index is 13.0. The van der Waals surface area contributed by atoms with Crippen LogP contribution in [-0.4, -0.2) is 45.5 Å². The summed E-state index contributed by atoms with van der Waals surface area (Å²) in [5.74, 6) is -2.96. The molecule has 0 saturated carbocycles. The van der Waals surface area contributed by atoms with Gasteiger partial charge in [0.15, 0.2) is 5.78 Å². The van der Waals surface area contributed by atoms with Crippen LogP contribution in [0.15, 0.2) is 24.3 Å². The number of carbonyl (C=O) groups excluding carboxylic acids is 3. The average Bonchev–Trinajstić information content (AvgIpc) is 2.60. The van der Waals surface area contributed by atoms with E-state index in [1.165, 1.54) is 32.2 Å². The van der Waals surface area contributed by atoms with Crippen molar-refractivity contribution in [3.05, 3.63) is 52.1 Å². The smallest absolute Gasteiger partial charge is 0.220 e. The number of phenols is 2. The maximum Gasteiger partial charge on any atom is 0.220 e. The highest BCUT2D eigenvalue weighted by Gasteiger charge is 2.38. The average molecular weight is 385 g/mol. The Morgan fingerprint density at radius 3 is 2.43 bits per heavy atom. The van der Waals surface area contributed by atoms with Gasteiger partial charge in [-0.25, -0.2) is 0 Å². The second kappa shape index (κ2) is 6.65. The summed E-state index contributed by atoms with van der Waals surface area (Å²) in [5.41, 5.74) is 2.85. The number of hydrogen-bond acceptors (Lipinski definition) is 7.